The van der Waals surface area contributed by atoms with Gasteiger partial charge >= 0.3 is 0 Å². The summed E-state index contributed by atoms with van der Waals surface area (Å²) in [6, 6.07) is 10.6. The lowest BCUT2D eigenvalue weighted by Gasteiger charge is -2.31. The number of nitrogens with zero attached hydrogens (tertiary/aromatic N) is 3. The van der Waals surface area contributed by atoms with Gasteiger partial charge in [0.25, 0.3) is 0 Å². The molecule has 4 rings (SSSR count). The lowest BCUT2D eigenvalue weighted by atomic mass is 9.99. The minimum atomic E-state index is -3.84. The van der Waals surface area contributed by atoms with Crippen molar-refractivity contribution in [1.82, 2.24) is 14.1 Å². The van der Waals surface area contributed by atoms with Gasteiger partial charge in [-0.05, 0) is 49.2 Å². The normalized spacial score (nSPS) is 17.1. The summed E-state index contributed by atoms with van der Waals surface area (Å²) >= 11 is 6.05. The van der Waals surface area contributed by atoms with Gasteiger partial charge in [-0.25, -0.2) is 17.2 Å². The van der Waals surface area contributed by atoms with E-state index in [-0.39, 0.29) is 46.8 Å². The molecule has 2 aromatic carbocycles. The number of piperidine rings is 1. The molecule has 1 N–H and O–H groups in total. The van der Waals surface area contributed by atoms with Gasteiger partial charge in [0.05, 0.1) is 17.4 Å². The lowest BCUT2D eigenvalue weighted by Crippen LogP contribution is -2.43. The zero-order valence-electron chi connectivity index (χ0n) is 17.4. The van der Waals surface area contributed by atoms with E-state index < -0.39 is 27.6 Å². The molecule has 1 atom stereocenters. The van der Waals surface area contributed by atoms with Gasteiger partial charge in [-0.15, -0.1) is 0 Å². The van der Waals surface area contributed by atoms with E-state index in [1.165, 1.54) is 33.3 Å². The molecule has 1 fully saturated rings. The molecule has 3 aromatic rings. The van der Waals surface area contributed by atoms with Crippen LogP contribution in [-0.2, 0) is 21.4 Å². The fourth-order valence-electron chi connectivity index (χ4n) is 3.72. The molecule has 0 radical (unpaired) electrons. The Morgan fingerprint density at radius 1 is 1.15 bits per heavy atom. The Morgan fingerprint density at radius 3 is 2.64 bits per heavy atom. The maximum absolute atomic E-state index is 14.0. The van der Waals surface area contributed by atoms with Crippen LogP contribution in [0.15, 0.2) is 59.6 Å². The molecule has 174 valence electrons. The van der Waals surface area contributed by atoms with E-state index in [9.17, 15) is 22.0 Å². The Balaban J connectivity index is 1.41. The number of carbonyl (C=O) groups excluding carboxylic acids is 1. The van der Waals surface area contributed by atoms with Crippen LogP contribution in [0.1, 0.15) is 18.4 Å². The first kappa shape index (κ1) is 23.3. The third kappa shape index (κ3) is 5.23. The van der Waals surface area contributed by atoms with E-state index in [1.807, 2.05) is 0 Å². The molecule has 0 bridgehead atoms. The van der Waals surface area contributed by atoms with Gasteiger partial charge in [-0.1, -0.05) is 17.7 Å². The molecule has 2 heterocycles. The summed E-state index contributed by atoms with van der Waals surface area (Å²) in [6.45, 7) is 0.382. The number of amides is 1. The quantitative estimate of drug-likeness (QED) is 0.563. The van der Waals surface area contributed by atoms with Crippen LogP contribution in [0.4, 0.5) is 14.6 Å². The van der Waals surface area contributed by atoms with Crippen molar-refractivity contribution < 1.29 is 22.0 Å². The van der Waals surface area contributed by atoms with Crippen molar-refractivity contribution >= 4 is 33.3 Å². The van der Waals surface area contributed by atoms with Crippen molar-refractivity contribution in [3.05, 3.63) is 76.9 Å². The summed E-state index contributed by atoms with van der Waals surface area (Å²) in [5, 5.41) is 7.21. The third-order valence-corrected chi connectivity index (χ3v) is 7.71. The Bertz CT molecular complexity index is 1240. The van der Waals surface area contributed by atoms with Crippen molar-refractivity contribution in [2.45, 2.75) is 24.3 Å². The molecular weight excluding hydrogens is 474 g/mol. The van der Waals surface area contributed by atoms with Crippen LogP contribution in [-0.4, -0.2) is 41.5 Å². The molecule has 1 saturated heterocycles. The second kappa shape index (κ2) is 9.58. The maximum atomic E-state index is 14.0. The summed E-state index contributed by atoms with van der Waals surface area (Å²) in [6.07, 6.45) is 2.62. The Hall–Kier alpha value is -2.82. The van der Waals surface area contributed by atoms with Crippen molar-refractivity contribution in [2.24, 2.45) is 5.92 Å². The molecular formula is C22H21ClF2N4O3S. The SMILES string of the molecule is O=C(Nc1ccn(Cc2c(F)cccc2Cl)n1)[C@@H]1CCCN(S(=O)(=O)c2ccc(F)cc2)C1. The molecule has 1 aliphatic rings. The largest absolute Gasteiger partial charge is 0.309 e. The van der Waals surface area contributed by atoms with Crippen molar-refractivity contribution in [2.75, 3.05) is 18.4 Å². The number of halogens is 3. The predicted octanol–water partition coefficient (Wildman–Crippen LogP) is 3.90. The highest BCUT2D eigenvalue weighted by Gasteiger charge is 2.33. The number of rotatable bonds is 6. The molecule has 11 heteroatoms. The first-order chi connectivity index (χ1) is 15.7. The molecule has 0 spiro atoms. The molecule has 0 unspecified atom stereocenters. The van der Waals surface area contributed by atoms with E-state index in [0.717, 1.165) is 12.1 Å². The molecule has 7 nitrogen and oxygen atoms in total. The number of benzene rings is 2. The highest BCUT2D eigenvalue weighted by molar-refractivity contribution is 7.89. The highest BCUT2D eigenvalue weighted by Crippen LogP contribution is 2.25. The molecule has 1 aromatic heterocycles. The molecule has 0 aliphatic carbocycles. The van der Waals surface area contributed by atoms with Gasteiger partial charge in [-0.2, -0.15) is 9.40 Å². The Kier molecular flexibility index (Phi) is 6.78. The average Bonchev–Trinajstić information content (AvgIpc) is 3.23. The van der Waals surface area contributed by atoms with Crippen LogP contribution >= 0.6 is 11.6 Å². The second-order valence-electron chi connectivity index (χ2n) is 7.74. The van der Waals surface area contributed by atoms with Gasteiger partial charge in [0, 0.05) is 35.9 Å². The van der Waals surface area contributed by atoms with Crippen molar-refractivity contribution in [3.8, 4) is 0 Å². The Labute approximate surface area is 195 Å². The van der Waals surface area contributed by atoms with E-state index >= 15 is 0 Å². The smallest absolute Gasteiger partial charge is 0.243 e. The van der Waals surface area contributed by atoms with Gasteiger partial charge in [-0.3, -0.25) is 9.48 Å². The van der Waals surface area contributed by atoms with Crippen LogP contribution < -0.4 is 5.32 Å². The Morgan fingerprint density at radius 2 is 1.91 bits per heavy atom. The van der Waals surface area contributed by atoms with Gasteiger partial charge in [0.15, 0.2) is 5.82 Å². The molecule has 0 saturated carbocycles. The number of hydrogen-bond donors (Lipinski definition) is 1. The number of hydrogen-bond acceptors (Lipinski definition) is 4. The van der Waals surface area contributed by atoms with Crippen LogP contribution in [0, 0.1) is 17.6 Å². The fourth-order valence-corrected chi connectivity index (χ4v) is 5.47. The number of anilines is 1. The summed E-state index contributed by atoms with van der Waals surface area (Å²) in [7, 11) is -3.84. The van der Waals surface area contributed by atoms with Gasteiger partial charge in [0.1, 0.15) is 11.6 Å². The minimum absolute atomic E-state index is 0.0110. The zero-order valence-corrected chi connectivity index (χ0v) is 19.0. The predicted molar refractivity (Wildman–Crippen MR) is 119 cm³/mol. The molecule has 1 amide bonds. The summed E-state index contributed by atoms with van der Waals surface area (Å²) in [5.41, 5.74) is 0.286. The lowest BCUT2D eigenvalue weighted by molar-refractivity contribution is -0.120. The number of nitrogens with one attached hydrogen (secondary N) is 1. The van der Waals surface area contributed by atoms with Gasteiger partial charge in [0.2, 0.25) is 15.9 Å². The third-order valence-electron chi connectivity index (χ3n) is 5.48. The van der Waals surface area contributed by atoms with Crippen molar-refractivity contribution in [1.29, 1.82) is 0 Å². The summed E-state index contributed by atoms with van der Waals surface area (Å²) in [4.78, 5) is 12.8. The van der Waals surface area contributed by atoms with Crippen LogP contribution in [0.3, 0.4) is 0 Å². The second-order valence-corrected chi connectivity index (χ2v) is 10.1. The highest BCUT2D eigenvalue weighted by atomic mass is 35.5. The number of carbonyl (C=O) groups is 1. The van der Waals surface area contributed by atoms with Gasteiger partial charge < -0.3 is 5.32 Å². The van der Waals surface area contributed by atoms with Crippen molar-refractivity contribution in [3.63, 3.8) is 0 Å². The van der Waals surface area contributed by atoms with E-state index in [4.69, 9.17) is 11.6 Å². The van der Waals surface area contributed by atoms with E-state index in [2.05, 4.69) is 10.4 Å². The first-order valence-corrected chi connectivity index (χ1v) is 12.1. The summed E-state index contributed by atoms with van der Waals surface area (Å²) in [5.74, 6) is -1.64. The zero-order chi connectivity index (χ0) is 23.6. The number of sulfonamides is 1. The monoisotopic (exact) mass is 494 g/mol. The summed E-state index contributed by atoms with van der Waals surface area (Å²) < 4.78 is 55.6. The minimum Gasteiger partial charge on any atom is -0.309 e. The standard InChI is InChI=1S/C22H21ClF2N4O3S/c23-19-4-1-5-20(25)18(19)14-28-12-10-21(27-28)26-22(30)15-3-2-11-29(13-15)33(31,32)17-8-6-16(24)7-9-17/h1,4-10,12,15H,2-3,11,13-14H2,(H,26,27,30)/t15-/m1/s1. The fraction of sp³-hybridized carbons (Fsp3) is 0.273. The molecule has 1 aliphatic heterocycles. The first-order valence-electron chi connectivity index (χ1n) is 10.3. The van der Waals surface area contributed by atoms with Crippen LogP contribution in [0.2, 0.25) is 5.02 Å². The topological polar surface area (TPSA) is 84.3 Å². The van der Waals surface area contributed by atoms with E-state index in [0.29, 0.717) is 12.8 Å². The molecule has 33 heavy (non-hydrogen) atoms. The van der Waals surface area contributed by atoms with E-state index in [1.54, 1.807) is 18.3 Å². The maximum Gasteiger partial charge on any atom is 0.243 e. The average molecular weight is 495 g/mol. The number of aromatic nitrogens is 2. The van der Waals surface area contributed by atoms with Crippen LogP contribution in [0.25, 0.3) is 0 Å². The van der Waals surface area contributed by atoms with Crippen LogP contribution in [0.5, 0.6) is 0 Å².